The molecule has 1 aliphatic heterocycles. The fourth-order valence-corrected chi connectivity index (χ4v) is 4.25. The fraction of sp³-hybridized carbons (Fsp3) is 0.222. The van der Waals surface area contributed by atoms with Gasteiger partial charge in [-0.1, -0.05) is 13.3 Å². The van der Waals surface area contributed by atoms with Crippen LogP contribution in [0.15, 0.2) is 33.5 Å². The number of benzene rings is 2. The van der Waals surface area contributed by atoms with E-state index in [0.717, 1.165) is 18.2 Å². The van der Waals surface area contributed by atoms with E-state index >= 15 is 0 Å². The highest BCUT2D eigenvalue weighted by Gasteiger charge is 2.21. The maximum Gasteiger partial charge on any atom is 0.209 e. The van der Waals surface area contributed by atoms with E-state index in [0.29, 0.717) is 42.0 Å². The van der Waals surface area contributed by atoms with Crippen molar-refractivity contribution in [1.82, 2.24) is 0 Å². The molecule has 0 unspecified atom stereocenters. The minimum atomic E-state index is -0.0777. The zero-order chi connectivity index (χ0) is 17.3. The van der Waals surface area contributed by atoms with Crippen LogP contribution in [-0.4, -0.2) is 6.61 Å². The Bertz CT molecular complexity index is 988. The van der Waals surface area contributed by atoms with Gasteiger partial charge in [-0.25, -0.2) is 0 Å². The third-order valence-electron chi connectivity index (χ3n) is 3.71. The Morgan fingerprint density at radius 3 is 2.79 bits per heavy atom. The molecule has 1 aromatic carbocycles. The third-order valence-corrected chi connectivity index (χ3v) is 5.49. The Morgan fingerprint density at radius 2 is 2.08 bits per heavy atom. The van der Waals surface area contributed by atoms with Crippen LogP contribution in [0.4, 0.5) is 0 Å². The van der Waals surface area contributed by atoms with Crippen molar-refractivity contribution in [3.05, 3.63) is 47.2 Å². The van der Waals surface area contributed by atoms with E-state index in [9.17, 15) is 10.1 Å². The third kappa shape index (κ3) is 3.11. The summed E-state index contributed by atoms with van der Waals surface area (Å²) in [6.45, 7) is 2.75. The molecule has 0 saturated heterocycles. The molecule has 1 heterocycles. The number of halogens is 2. The smallest absolute Gasteiger partial charge is 0.209 e. The Morgan fingerprint density at radius 1 is 1.29 bits per heavy atom. The molecule has 2 aliphatic rings. The van der Waals surface area contributed by atoms with Gasteiger partial charge in [0.1, 0.15) is 21.0 Å². The molecular weight excluding hydrogens is 532 g/mol. The van der Waals surface area contributed by atoms with Gasteiger partial charge in [-0.15, -0.1) is 0 Å². The van der Waals surface area contributed by atoms with Crippen LogP contribution >= 0.6 is 45.2 Å². The summed E-state index contributed by atoms with van der Waals surface area (Å²) in [6.07, 6.45) is 2.04. The highest BCUT2D eigenvalue weighted by Crippen LogP contribution is 2.36. The summed E-state index contributed by atoms with van der Waals surface area (Å²) >= 11 is 3.97. The van der Waals surface area contributed by atoms with E-state index in [2.05, 4.69) is 13.0 Å². The van der Waals surface area contributed by atoms with Crippen molar-refractivity contribution in [1.29, 1.82) is 5.26 Å². The first-order chi connectivity index (χ1) is 11.6. The normalized spacial score (nSPS) is 10.9. The van der Waals surface area contributed by atoms with Crippen molar-refractivity contribution in [3.8, 4) is 23.1 Å². The molecule has 0 spiro atoms. The fourth-order valence-electron chi connectivity index (χ4n) is 2.46. The predicted octanol–water partition coefficient (Wildman–Crippen LogP) is 5.16. The van der Waals surface area contributed by atoms with E-state index in [1.165, 1.54) is 0 Å². The van der Waals surface area contributed by atoms with Gasteiger partial charge in [0.2, 0.25) is 5.43 Å². The highest BCUT2D eigenvalue weighted by molar-refractivity contribution is 14.1. The molecule has 0 aromatic heterocycles. The van der Waals surface area contributed by atoms with Gasteiger partial charge in [-0.3, -0.25) is 4.79 Å². The van der Waals surface area contributed by atoms with Gasteiger partial charge in [-0.05, 0) is 69.8 Å². The molecule has 0 radical (unpaired) electrons. The van der Waals surface area contributed by atoms with Gasteiger partial charge in [0, 0.05) is 17.0 Å². The SMILES string of the molecule is CCCCOc1ccc2c(C#N)c3cc(I)c(=O)c(I)c-3oc2c1. The lowest BCUT2D eigenvalue weighted by Gasteiger charge is -2.13. The Kier molecular flexibility index (Phi) is 5.30. The molecule has 4 nitrogen and oxygen atoms in total. The molecule has 0 atom stereocenters. The summed E-state index contributed by atoms with van der Waals surface area (Å²) < 4.78 is 12.7. The van der Waals surface area contributed by atoms with Crippen LogP contribution in [0.1, 0.15) is 25.3 Å². The second-order valence-corrected chi connectivity index (χ2v) is 7.57. The van der Waals surface area contributed by atoms with E-state index in [4.69, 9.17) is 9.15 Å². The standard InChI is InChI=1S/C18H13I2NO3/c1-2-3-6-23-10-4-5-11-13(9-21)12-8-14(19)17(22)16(20)18(12)24-15(11)7-10/h4-5,7-8H,2-3,6H2,1H3. The number of nitriles is 1. The molecule has 24 heavy (non-hydrogen) atoms. The number of hydrogen-bond donors (Lipinski definition) is 0. The van der Waals surface area contributed by atoms with E-state index < -0.39 is 0 Å². The zero-order valence-corrected chi connectivity index (χ0v) is 17.2. The minimum absolute atomic E-state index is 0.0777. The summed E-state index contributed by atoms with van der Waals surface area (Å²) in [6, 6.07) is 9.43. The second kappa shape index (κ2) is 7.27. The van der Waals surface area contributed by atoms with Gasteiger partial charge < -0.3 is 9.15 Å². The first kappa shape index (κ1) is 17.5. The average molecular weight is 545 g/mol. The molecule has 1 aliphatic carbocycles. The van der Waals surface area contributed by atoms with Crippen LogP contribution in [0.25, 0.3) is 22.3 Å². The quantitative estimate of drug-likeness (QED) is 0.259. The molecule has 6 heteroatoms. The molecule has 0 saturated carbocycles. The van der Waals surface area contributed by atoms with Crippen molar-refractivity contribution >= 4 is 56.2 Å². The van der Waals surface area contributed by atoms with Crippen LogP contribution < -0.4 is 10.2 Å². The molecular formula is C18H13I2NO3. The maximum absolute atomic E-state index is 12.2. The van der Waals surface area contributed by atoms with Gasteiger partial charge in [-0.2, -0.15) is 5.26 Å². The van der Waals surface area contributed by atoms with Crippen molar-refractivity contribution in [3.63, 3.8) is 0 Å². The summed E-state index contributed by atoms with van der Waals surface area (Å²) in [5, 5.41) is 10.3. The van der Waals surface area contributed by atoms with Crippen LogP contribution in [0.3, 0.4) is 0 Å². The highest BCUT2D eigenvalue weighted by atomic mass is 127. The monoisotopic (exact) mass is 545 g/mol. The molecule has 0 N–H and O–H groups in total. The van der Waals surface area contributed by atoms with Gasteiger partial charge in [0.15, 0.2) is 5.76 Å². The lowest BCUT2D eigenvalue weighted by Crippen LogP contribution is -2.12. The Balaban J connectivity index is 2.25. The lowest BCUT2D eigenvalue weighted by molar-refractivity contribution is 0.309. The zero-order valence-electron chi connectivity index (χ0n) is 12.9. The largest absolute Gasteiger partial charge is 0.493 e. The topological polar surface area (TPSA) is 63.2 Å². The lowest BCUT2D eigenvalue weighted by atomic mass is 10.0. The molecule has 0 fully saturated rings. The Labute approximate surface area is 166 Å². The average Bonchev–Trinajstić information content (AvgIpc) is 2.58. The van der Waals surface area contributed by atoms with Crippen molar-refractivity contribution in [2.75, 3.05) is 6.61 Å². The van der Waals surface area contributed by atoms with E-state index in [1.54, 1.807) is 12.1 Å². The number of nitrogens with zero attached hydrogens (tertiary/aromatic N) is 1. The van der Waals surface area contributed by atoms with Crippen molar-refractivity contribution in [2.45, 2.75) is 19.8 Å². The van der Waals surface area contributed by atoms with Crippen LogP contribution in [0, 0.1) is 18.5 Å². The number of ether oxygens (including phenoxy) is 1. The Hall–Kier alpha value is -1.34. The van der Waals surface area contributed by atoms with Crippen LogP contribution in [0.5, 0.6) is 5.75 Å². The molecule has 0 amide bonds. The van der Waals surface area contributed by atoms with Gasteiger partial charge in [0.05, 0.1) is 15.7 Å². The number of fused-ring (bicyclic) bond motifs is 2. The van der Waals surface area contributed by atoms with Crippen molar-refractivity contribution < 1.29 is 9.15 Å². The minimum Gasteiger partial charge on any atom is -0.493 e. The molecule has 0 bridgehead atoms. The summed E-state index contributed by atoms with van der Waals surface area (Å²) in [5.41, 5.74) is 1.65. The van der Waals surface area contributed by atoms with Crippen molar-refractivity contribution in [2.24, 2.45) is 0 Å². The summed E-state index contributed by atoms with van der Waals surface area (Å²) in [4.78, 5) is 12.2. The first-order valence-electron chi connectivity index (χ1n) is 7.48. The van der Waals surface area contributed by atoms with Gasteiger partial charge in [0.25, 0.3) is 0 Å². The maximum atomic E-state index is 12.2. The van der Waals surface area contributed by atoms with E-state index in [-0.39, 0.29) is 5.43 Å². The predicted molar refractivity (Wildman–Crippen MR) is 110 cm³/mol. The number of rotatable bonds is 4. The molecule has 122 valence electrons. The summed E-state index contributed by atoms with van der Waals surface area (Å²) in [7, 11) is 0. The van der Waals surface area contributed by atoms with Gasteiger partial charge >= 0.3 is 0 Å². The summed E-state index contributed by atoms with van der Waals surface area (Å²) in [5.74, 6) is 1.15. The molecule has 3 rings (SSSR count). The second-order valence-electron chi connectivity index (χ2n) is 5.33. The number of hydrogen-bond acceptors (Lipinski definition) is 4. The number of unbranched alkanes of at least 4 members (excludes halogenated alkanes) is 1. The van der Waals surface area contributed by atoms with E-state index in [1.807, 2.05) is 57.3 Å². The molecule has 1 aromatic rings. The van der Waals surface area contributed by atoms with Crippen LogP contribution in [0.2, 0.25) is 0 Å². The van der Waals surface area contributed by atoms with Crippen LogP contribution in [-0.2, 0) is 0 Å². The first-order valence-corrected chi connectivity index (χ1v) is 9.64.